The molecule has 44 heavy (non-hydrogen) atoms. The molecule has 4 aromatic rings. The minimum Gasteiger partial charge on any atom is -0.493 e. The van der Waals surface area contributed by atoms with Crippen molar-refractivity contribution >= 4 is 34.7 Å². The molecule has 10 nitrogen and oxygen atoms in total. The number of ether oxygens (including phenoxy) is 4. The van der Waals surface area contributed by atoms with Gasteiger partial charge >= 0.3 is 0 Å². The fourth-order valence-corrected chi connectivity index (χ4v) is 6.42. The van der Waals surface area contributed by atoms with Gasteiger partial charge in [0, 0.05) is 17.7 Å². The molecule has 0 aliphatic carbocycles. The second-order valence-corrected chi connectivity index (χ2v) is 10.7. The van der Waals surface area contributed by atoms with Gasteiger partial charge in [0.15, 0.2) is 23.0 Å². The number of nitrogens with zero attached hydrogens (tertiary/aromatic N) is 2. The van der Waals surface area contributed by atoms with Crippen LogP contribution in [-0.2, 0) is 11.3 Å². The van der Waals surface area contributed by atoms with Crippen LogP contribution in [0.25, 0.3) is 17.5 Å². The lowest BCUT2D eigenvalue weighted by Crippen LogP contribution is -2.42. The predicted octanol–water partition coefficient (Wildman–Crippen LogP) is 2.69. The standard InChI is InChI=1S/C33H30N4O6S/c1-40-23-14-8-12-20(28(23)42-3)16-25-32(39)37-30(35)22(17-34)26(21-13-9-15-24(41-2)29(21)43-4)27(33(37)44-25)31(38)36-18-19-10-6-5-7-11-19/h5-16,26H,18,35H2,1-4H3,(H,36,38)/b25-16-. The van der Waals surface area contributed by atoms with Crippen LogP contribution in [0.5, 0.6) is 23.0 Å². The minimum absolute atomic E-state index is 0.0272. The third kappa shape index (κ3) is 5.27. The van der Waals surface area contributed by atoms with Gasteiger partial charge in [0.1, 0.15) is 10.5 Å². The zero-order valence-corrected chi connectivity index (χ0v) is 25.4. The lowest BCUT2D eigenvalue weighted by Gasteiger charge is -2.27. The molecule has 0 saturated carbocycles. The van der Waals surface area contributed by atoms with E-state index in [2.05, 4.69) is 11.4 Å². The Balaban J connectivity index is 1.82. The summed E-state index contributed by atoms with van der Waals surface area (Å²) in [6.07, 6.45) is 1.65. The molecule has 0 bridgehead atoms. The summed E-state index contributed by atoms with van der Waals surface area (Å²) >= 11 is 1.09. The van der Waals surface area contributed by atoms with Gasteiger partial charge in [0.25, 0.3) is 11.5 Å². The van der Waals surface area contributed by atoms with E-state index < -0.39 is 17.4 Å². The summed E-state index contributed by atoms with van der Waals surface area (Å²) in [6.45, 7) is 0.224. The molecule has 1 atom stereocenters. The molecule has 2 heterocycles. The van der Waals surface area contributed by atoms with Gasteiger partial charge in [-0.15, -0.1) is 11.3 Å². The largest absolute Gasteiger partial charge is 0.493 e. The molecule has 5 rings (SSSR count). The number of nitrogens with two attached hydrogens (primary N) is 1. The molecule has 0 spiro atoms. The zero-order valence-electron chi connectivity index (χ0n) is 24.5. The van der Waals surface area contributed by atoms with E-state index in [-0.39, 0.29) is 28.0 Å². The van der Waals surface area contributed by atoms with Gasteiger partial charge in [-0.3, -0.25) is 14.2 Å². The normalized spacial score (nSPS) is 14.5. The molecule has 1 unspecified atom stereocenters. The van der Waals surface area contributed by atoms with Crippen LogP contribution in [0.4, 0.5) is 0 Å². The van der Waals surface area contributed by atoms with Crippen LogP contribution in [0.15, 0.2) is 77.1 Å². The lowest BCUT2D eigenvalue weighted by atomic mass is 9.82. The number of aromatic nitrogens is 1. The van der Waals surface area contributed by atoms with Crippen molar-refractivity contribution in [1.82, 2.24) is 9.88 Å². The van der Waals surface area contributed by atoms with Crippen molar-refractivity contribution in [3.05, 3.63) is 109 Å². The number of allylic oxidation sites excluding steroid dienone is 1. The molecule has 3 N–H and O–H groups in total. The number of fused-ring (bicyclic) bond motifs is 1. The van der Waals surface area contributed by atoms with E-state index in [4.69, 9.17) is 24.7 Å². The van der Waals surface area contributed by atoms with E-state index in [0.29, 0.717) is 38.8 Å². The Morgan fingerprint density at radius 3 is 2.25 bits per heavy atom. The number of hydrogen-bond acceptors (Lipinski definition) is 9. The maximum atomic E-state index is 14.2. The van der Waals surface area contributed by atoms with Gasteiger partial charge in [-0.2, -0.15) is 5.26 Å². The average Bonchev–Trinajstić information content (AvgIpc) is 3.38. The molecule has 3 aromatic carbocycles. The molecular formula is C33H30N4O6S. The molecule has 1 aliphatic heterocycles. The molecule has 224 valence electrons. The highest BCUT2D eigenvalue weighted by molar-refractivity contribution is 7.07. The van der Waals surface area contributed by atoms with E-state index in [1.54, 1.807) is 42.5 Å². The molecule has 1 amide bonds. The third-order valence-electron chi connectivity index (χ3n) is 7.27. The highest BCUT2D eigenvalue weighted by Crippen LogP contribution is 2.44. The number of nitrogens with one attached hydrogen (secondary N) is 1. The minimum atomic E-state index is -0.960. The van der Waals surface area contributed by atoms with E-state index in [9.17, 15) is 14.9 Å². The van der Waals surface area contributed by atoms with E-state index in [1.807, 2.05) is 30.3 Å². The summed E-state index contributed by atoms with van der Waals surface area (Å²) in [6, 6.07) is 22.1. The van der Waals surface area contributed by atoms with Crippen LogP contribution in [0.1, 0.15) is 22.6 Å². The molecule has 0 fully saturated rings. The van der Waals surface area contributed by atoms with Gasteiger partial charge < -0.3 is 30.0 Å². The summed E-state index contributed by atoms with van der Waals surface area (Å²) < 4.78 is 24.0. The van der Waals surface area contributed by atoms with Crippen molar-refractivity contribution in [1.29, 1.82) is 5.26 Å². The first-order valence-corrected chi connectivity index (χ1v) is 14.3. The quantitative estimate of drug-likeness (QED) is 0.295. The Bertz CT molecular complexity index is 1990. The van der Waals surface area contributed by atoms with Gasteiger partial charge in [-0.25, -0.2) is 0 Å². The Hall–Kier alpha value is -5.47. The first kappa shape index (κ1) is 30.0. The van der Waals surface area contributed by atoms with Gasteiger partial charge in [0.05, 0.1) is 56.1 Å². The SMILES string of the molecule is COc1cccc(/C=c2\sc3n(c2=O)C(N)=C(C#N)C(c2cccc(OC)c2OC)C=3C(=O)NCc2ccccc2)c1OC. The summed E-state index contributed by atoms with van der Waals surface area (Å²) in [5.41, 5.74) is 8.26. The van der Waals surface area contributed by atoms with Crippen LogP contribution in [0.2, 0.25) is 0 Å². The molecule has 1 aromatic heterocycles. The number of thiazole rings is 1. The summed E-state index contributed by atoms with van der Waals surface area (Å²) in [5.74, 6) is 0.188. The van der Waals surface area contributed by atoms with E-state index >= 15 is 0 Å². The van der Waals surface area contributed by atoms with Gasteiger partial charge in [0.2, 0.25) is 0 Å². The highest BCUT2D eigenvalue weighted by Gasteiger charge is 2.37. The number of amides is 1. The van der Waals surface area contributed by atoms with Crippen LogP contribution in [0, 0.1) is 11.3 Å². The second-order valence-electron chi connectivity index (χ2n) is 9.65. The number of nitriles is 1. The van der Waals surface area contributed by atoms with Gasteiger partial charge in [-0.1, -0.05) is 54.6 Å². The van der Waals surface area contributed by atoms with Crippen molar-refractivity contribution in [2.24, 2.45) is 5.73 Å². The maximum Gasteiger partial charge on any atom is 0.274 e. The zero-order chi connectivity index (χ0) is 31.4. The second kappa shape index (κ2) is 12.8. The van der Waals surface area contributed by atoms with E-state index in [0.717, 1.165) is 16.9 Å². The number of carbonyl (C=O) groups excluding carboxylic acids is 1. The number of rotatable bonds is 9. The van der Waals surface area contributed by atoms with Crippen LogP contribution in [-0.4, -0.2) is 38.9 Å². The Morgan fingerprint density at radius 1 is 0.955 bits per heavy atom. The predicted molar refractivity (Wildman–Crippen MR) is 168 cm³/mol. The fraction of sp³-hybridized carbons (Fsp3) is 0.182. The van der Waals surface area contributed by atoms with Crippen molar-refractivity contribution in [2.75, 3.05) is 28.4 Å². The summed E-state index contributed by atoms with van der Waals surface area (Å²) in [5, 5.41) is 13.4. The molecule has 0 radical (unpaired) electrons. The summed E-state index contributed by atoms with van der Waals surface area (Å²) in [4.78, 5) is 28.1. The van der Waals surface area contributed by atoms with Gasteiger partial charge in [-0.05, 0) is 23.8 Å². The third-order valence-corrected chi connectivity index (χ3v) is 8.38. The number of methoxy groups -OCH3 is 4. The van der Waals surface area contributed by atoms with E-state index in [1.165, 1.54) is 33.0 Å². The maximum absolute atomic E-state index is 14.2. The smallest absolute Gasteiger partial charge is 0.274 e. The van der Waals surface area contributed by atoms with Crippen molar-refractivity contribution < 1.29 is 23.7 Å². The number of carbonyl (C=O) groups is 1. The Labute approximate surface area is 257 Å². The van der Waals surface area contributed by atoms with Crippen LogP contribution < -0.4 is 44.8 Å². The first-order chi connectivity index (χ1) is 21.4. The molecular weight excluding hydrogens is 580 g/mol. The topological polar surface area (TPSA) is 138 Å². The monoisotopic (exact) mass is 610 g/mol. The number of hydrogen-bond donors (Lipinski definition) is 2. The Kier molecular flexibility index (Phi) is 8.73. The fourth-order valence-electron chi connectivity index (χ4n) is 5.26. The lowest BCUT2D eigenvalue weighted by molar-refractivity contribution is -0.116. The van der Waals surface area contributed by atoms with Crippen LogP contribution in [0.3, 0.4) is 0 Å². The molecule has 0 saturated heterocycles. The Morgan fingerprint density at radius 2 is 1.61 bits per heavy atom. The molecule has 11 heteroatoms. The number of benzene rings is 3. The average molecular weight is 611 g/mol. The molecule has 1 aliphatic rings. The van der Waals surface area contributed by atoms with Crippen molar-refractivity contribution in [3.8, 4) is 29.1 Å². The summed E-state index contributed by atoms with van der Waals surface area (Å²) in [7, 11) is 6.02. The highest BCUT2D eigenvalue weighted by atomic mass is 32.1. The van der Waals surface area contributed by atoms with Crippen molar-refractivity contribution in [3.63, 3.8) is 0 Å². The van der Waals surface area contributed by atoms with Crippen molar-refractivity contribution in [2.45, 2.75) is 12.5 Å². The first-order valence-electron chi connectivity index (χ1n) is 13.5. The van der Waals surface area contributed by atoms with Crippen LogP contribution >= 0.6 is 11.3 Å². The number of para-hydroxylation sites is 2.